The Hall–Kier alpha value is -0.750. The second-order valence-electron chi connectivity index (χ2n) is 4.46. The standard InChI is InChI=1S/C13H17BrF3NO/c1-3-12(4-2,8-19)18-11-6-5-9(7-10(11)14)13(15,16)17/h5-7,18-19H,3-4,8H2,1-2H3. The van der Waals surface area contributed by atoms with Gasteiger partial charge in [0.25, 0.3) is 0 Å². The van der Waals surface area contributed by atoms with Gasteiger partial charge in [0.1, 0.15) is 0 Å². The number of benzene rings is 1. The van der Waals surface area contributed by atoms with Crippen molar-refractivity contribution in [1.82, 2.24) is 0 Å². The van der Waals surface area contributed by atoms with Gasteiger partial charge in [-0.15, -0.1) is 0 Å². The molecule has 0 aliphatic rings. The molecule has 0 atom stereocenters. The summed E-state index contributed by atoms with van der Waals surface area (Å²) in [5, 5.41) is 12.6. The molecule has 2 N–H and O–H groups in total. The molecule has 0 radical (unpaired) electrons. The van der Waals surface area contributed by atoms with E-state index in [1.54, 1.807) is 0 Å². The zero-order chi connectivity index (χ0) is 14.7. The third kappa shape index (κ3) is 3.86. The van der Waals surface area contributed by atoms with Gasteiger partial charge < -0.3 is 10.4 Å². The first kappa shape index (κ1) is 16.3. The maximum absolute atomic E-state index is 12.6. The largest absolute Gasteiger partial charge is 0.416 e. The van der Waals surface area contributed by atoms with Crippen LogP contribution in [0.1, 0.15) is 32.3 Å². The third-order valence-corrected chi connectivity index (χ3v) is 4.01. The first-order valence-electron chi connectivity index (χ1n) is 6.04. The van der Waals surface area contributed by atoms with Gasteiger partial charge in [0.2, 0.25) is 0 Å². The minimum absolute atomic E-state index is 0.0759. The van der Waals surface area contributed by atoms with Crippen molar-refractivity contribution in [3.8, 4) is 0 Å². The molecule has 2 nitrogen and oxygen atoms in total. The molecule has 1 aromatic carbocycles. The molecule has 0 saturated carbocycles. The number of nitrogens with one attached hydrogen (secondary N) is 1. The Morgan fingerprint density at radius 3 is 2.16 bits per heavy atom. The predicted molar refractivity (Wildman–Crippen MR) is 73.2 cm³/mol. The first-order valence-corrected chi connectivity index (χ1v) is 6.83. The molecular formula is C13H17BrF3NO. The van der Waals surface area contributed by atoms with Gasteiger partial charge in [0.05, 0.1) is 17.7 Å². The van der Waals surface area contributed by atoms with E-state index in [1.165, 1.54) is 6.07 Å². The lowest BCUT2D eigenvalue weighted by Crippen LogP contribution is -2.40. The molecule has 0 unspecified atom stereocenters. The summed E-state index contributed by atoms with van der Waals surface area (Å²) < 4.78 is 38.0. The van der Waals surface area contributed by atoms with Crippen molar-refractivity contribution in [2.75, 3.05) is 11.9 Å². The van der Waals surface area contributed by atoms with Crippen molar-refractivity contribution in [3.05, 3.63) is 28.2 Å². The third-order valence-electron chi connectivity index (χ3n) is 3.35. The van der Waals surface area contributed by atoms with Crippen LogP contribution in [0.3, 0.4) is 0 Å². The number of aliphatic hydroxyl groups excluding tert-OH is 1. The Bertz CT molecular complexity index is 422. The van der Waals surface area contributed by atoms with Gasteiger partial charge in [-0.2, -0.15) is 13.2 Å². The normalized spacial score (nSPS) is 12.6. The highest BCUT2D eigenvalue weighted by Crippen LogP contribution is 2.35. The summed E-state index contributed by atoms with van der Waals surface area (Å²) in [7, 11) is 0. The molecular weight excluding hydrogens is 323 g/mol. The quantitative estimate of drug-likeness (QED) is 0.831. The van der Waals surface area contributed by atoms with E-state index in [9.17, 15) is 18.3 Å². The Balaban J connectivity index is 3.04. The van der Waals surface area contributed by atoms with Gasteiger partial charge in [0.15, 0.2) is 0 Å². The predicted octanol–water partition coefficient (Wildman–Crippen LogP) is 4.43. The molecule has 0 bridgehead atoms. The van der Waals surface area contributed by atoms with Crippen LogP contribution in [0.25, 0.3) is 0 Å². The van der Waals surface area contributed by atoms with Crippen molar-refractivity contribution in [2.24, 2.45) is 0 Å². The van der Waals surface area contributed by atoms with E-state index in [2.05, 4.69) is 21.2 Å². The highest BCUT2D eigenvalue weighted by Gasteiger charge is 2.31. The molecule has 108 valence electrons. The van der Waals surface area contributed by atoms with E-state index in [1.807, 2.05) is 13.8 Å². The van der Waals surface area contributed by atoms with Crippen LogP contribution in [-0.4, -0.2) is 17.3 Å². The number of alkyl halides is 3. The zero-order valence-corrected chi connectivity index (χ0v) is 12.4. The lowest BCUT2D eigenvalue weighted by molar-refractivity contribution is -0.137. The molecule has 1 aromatic rings. The number of halogens is 4. The molecule has 0 spiro atoms. The van der Waals surface area contributed by atoms with Gasteiger partial charge in [-0.1, -0.05) is 13.8 Å². The maximum Gasteiger partial charge on any atom is 0.416 e. The van der Waals surface area contributed by atoms with Crippen LogP contribution in [0.4, 0.5) is 18.9 Å². The zero-order valence-electron chi connectivity index (χ0n) is 10.8. The molecule has 0 aliphatic carbocycles. The second kappa shape index (κ2) is 6.13. The Labute approximate surface area is 119 Å². The molecule has 0 heterocycles. The SMILES string of the molecule is CCC(CC)(CO)Nc1ccc(C(F)(F)F)cc1Br. The lowest BCUT2D eigenvalue weighted by Gasteiger charge is -2.32. The van der Waals surface area contributed by atoms with Crippen LogP contribution in [0.2, 0.25) is 0 Å². The minimum atomic E-state index is -4.36. The molecule has 1 rings (SSSR count). The van der Waals surface area contributed by atoms with E-state index in [-0.39, 0.29) is 6.61 Å². The van der Waals surface area contributed by atoms with Crippen molar-refractivity contribution in [1.29, 1.82) is 0 Å². The second-order valence-corrected chi connectivity index (χ2v) is 5.32. The highest BCUT2D eigenvalue weighted by atomic mass is 79.9. The summed E-state index contributed by atoms with van der Waals surface area (Å²) in [4.78, 5) is 0. The van der Waals surface area contributed by atoms with Gasteiger partial charge in [-0.3, -0.25) is 0 Å². The summed E-state index contributed by atoms with van der Waals surface area (Å²) in [5.74, 6) is 0. The monoisotopic (exact) mass is 339 g/mol. The average Bonchev–Trinajstić information content (AvgIpc) is 2.37. The van der Waals surface area contributed by atoms with Crippen LogP contribution in [0.15, 0.2) is 22.7 Å². The summed E-state index contributed by atoms with van der Waals surface area (Å²) in [6.07, 6.45) is -3.01. The summed E-state index contributed by atoms with van der Waals surface area (Å²) >= 11 is 3.14. The smallest absolute Gasteiger partial charge is 0.394 e. The van der Waals surface area contributed by atoms with Gasteiger partial charge in [-0.25, -0.2) is 0 Å². The Kier molecular flexibility index (Phi) is 5.26. The Morgan fingerprint density at radius 2 is 1.79 bits per heavy atom. The molecule has 0 aromatic heterocycles. The molecule has 6 heteroatoms. The van der Waals surface area contributed by atoms with E-state index < -0.39 is 17.3 Å². The lowest BCUT2D eigenvalue weighted by atomic mass is 9.93. The van der Waals surface area contributed by atoms with E-state index in [0.29, 0.717) is 23.0 Å². The highest BCUT2D eigenvalue weighted by molar-refractivity contribution is 9.10. The van der Waals surface area contributed by atoms with Crippen molar-refractivity contribution in [2.45, 2.75) is 38.4 Å². The molecule has 0 amide bonds. The number of hydrogen-bond donors (Lipinski definition) is 2. The molecule has 19 heavy (non-hydrogen) atoms. The minimum Gasteiger partial charge on any atom is -0.394 e. The van der Waals surface area contributed by atoms with Gasteiger partial charge >= 0.3 is 6.18 Å². The first-order chi connectivity index (χ1) is 8.78. The van der Waals surface area contributed by atoms with Crippen LogP contribution < -0.4 is 5.32 Å². The molecule has 0 saturated heterocycles. The maximum atomic E-state index is 12.6. The fraction of sp³-hybridized carbons (Fsp3) is 0.538. The topological polar surface area (TPSA) is 32.3 Å². The van der Waals surface area contributed by atoms with Gasteiger partial charge in [0, 0.05) is 10.2 Å². The summed E-state index contributed by atoms with van der Waals surface area (Å²) in [5.41, 5.74) is -0.666. The average molecular weight is 340 g/mol. The summed E-state index contributed by atoms with van der Waals surface area (Å²) in [6.45, 7) is 3.77. The van der Waals surface area contributed by atoms with Crippen LogP contribution in [0, 0.1) is 0 Å². The molecule has 0 aliphatic heterocycles. The van der Waals surface area contributed by atoms with E-state index in [4.69, 9.17) is 0 Å². The van der Waals surface area contributed by atoms with Crippen molar-refractivity contribution in [3.63, 3.8) is 0 Å². The Morgan fingerprint density at radius 1 is 1.21 bits per heavy atom. The number of aliphatic hydroxyl groups is 1. The van der Waals surface area contributed by atoms with E-state index >= 15 is 0 Å². The summed E-state index contributed by atoms with van der Waals surface area (Å²) in [6, 6.07) is 3.44. The number of rotatable bonds is 5. The van der Waals surface area contributed by atoms with Crippen LogP contribution >= 0.6 is 15.9 Å². The number of anilines is 1. The number of hydrogen-bond acceptors (Lipinski definition) is 2. The van der Waals surface area contributed by atoms with Crippen molar-refractivity contribution >= 4 is 21.6 Å². The molecule has 0 fully saturated rings. The van der Waals surface area contributed by atoms with Crippen LogP contribution in [-0.2, 0) is 6.18 Å². The fourth-order valence-electron chi connectivity index (χ4n) is 1.77. The van der Waals surface area contributed by atoms with Crippen LogP contribution in [0.5, 0.6) is 0 Å². The van der Waals surface area contributed by atoms with Crippen molar-refractivity contribution < 1.29 is 18.3 Å². The fourth-order valence-corrected chi connectivity index (χ4v) is 2.25. The van der Waals surface area contributed by atoms with E-state index in [0.717, 1.165) is 12.1 Å². The van der Waals surface area contributed by atoms with Gasteiger partial charge in [-0.05, 0) is 47.0 Å².